The van der Waals surface area contributed by atoms with Gasteiger partial charge < -0.3 is 8.92 Å². The molecule has 0 radical (unpaired) electrons. The van der Waals surface area contributed by atoms with Crippen LogP contribution in [0.25, 0.3) is 5.69 Å². The van der Waals surface area contributed by atoms with Gasteiger partial charge in [0.05, 0.1) is 18.0 Å². The van der Waals surface area contributed by atoms with E-state index in [1.807, 2.05) is 39.0 Å². The first kappa shape index (κ1) is 19.1. The predicted molar refractivity (Wildman–Crippen MR) is 103 cm³/mol. The second-order valence-electron chi connectivity index (χ2n) is 6.46. The Morgan fingerprint density at radius 1 is 0.963 bits per heavy atom. The third kappa shape index (κ3) is 4.20. The Balaban J connectivity index is 2.05. The van der Waals surface area contributed by atoms with Gasteiger partial charge in [0.25, 0.3) is 0 Å². The molecule has 0 saturated heterocycles. The third-order valence-corrected chi connectivity index (χ3v) is 5.34. The summed E-state index contributed by atoms with van der Waals surface area (Å²) >= 11 is 0. The first-order valence-corrected chi connectivity index (χ1v) is 9.87. The van der Waals surface area contributed by atoms with Crippen molar-refractivity contribution < 1.29 is 17.3 Å². The van der Waals surface area contributed by atoms with E-state index in [0.29, 0.717) is 5.69 Å². The van der Waals surface area contributed by atoms with Crippen LogP contribution in [0, 0.1) is 20.8 Å². The lowest BCUT2D eigenvalue weighted by Crippen LogP contribution is -2.13. The molecule has 0 bridgehead atoms. The number of aromatic nitrogens is 2. The number of aryl methyl sites for hydroxylation is 3. The highest BCUT2D eigenvalue weighted by Crippen LogP contribution is 2.26. The van der Waals surface area contributed by atoms with E-state index in [-0.39, 0.29) is 17.4 Å². The van der Waals surface area contributed by atoms with Crippen LogP contribution >= 0.6 is 0 Å². The van der Waals surface area contributed by atoms with Crippen LogP contribution in [0.15, 0.2) is 53.4 Å². The van der Waals surface area contributed by atoms with Crippen LogP contribution in [0.1, 0.15) is 22.4 Å². The summed E-state index contributed by atoms with van der Waals surface area (Å²) in [7, 11) is -2.43. The van der Waals surface area contributed by atoms with Gasteiger partial charge in [-0.15, -0.1) is 0 Å². The molecule has 0 aliphatic heterocycles. The van der Waals surface area contributed by atoms with Crippen LogP contribution in [0.3, 0.4) is 0 Å². The molecule has 6 nitrogen and oxygen atoms in total. The zero-order chi connectivity index (χ0) is 19.6. The minimum atomic E-state index is -3.98. The fourth-order valence-electron chi connectivity index (χ4n) is 2.77. The highest BCUT2D eigenvalue weighted by Gasteiger charge is 2.21. The molecule has 0 aliphatic carbocycles. The van der Waals surface area contributed by atoms with E-state index in [1.165, 1.54) is 16.8 Å². The van der Waals surface area contributed by atoms with Gasteiger partial charge in [-0.2, -0.15) is 18.2 Å². The molecule has 2 aromatic carbocycles. The second-order valence-corrected chi connectivity index (χ2v) is 8.01. The van der Waals surface area contributed by atoms with Crippen molar-refractivity contribution in [2.24, 2.45) is 0 Å². The van der Waals surface area contributed by atoms with Gasteiger partial charge in [0.2, 0.25) is 5.88 Å². The zero-order valence-electron chi connectivity index (χ0n) is 15.8. The molecule has 3 aromatic rings. The van der Waals surface area contributed by atoms with Crippen molar-refractivity contribution >= 4 is 10.1 Å². The fraction of sp³-hybridized carbons (Fsp3) is 0.250. The quantitative estimate of drug-likeness (QED) is 0.604. The number of ether oxygens (including phenoxy) is 1. The van der Waals surface area contributed by atoms with Gasteiger partial charge in [0.15, 0.2) is 0 Å². The van der Waals surface area contributed by atoms with Gasteiger partial charge >= 0.3 is 10.1 Å². The van der Waals surface area contributed by atoms with Crippen LogP contribution in [0.2, 0.25) is 0 Å². The molecule has 1 heterocycles. The molecule has 3 rings (SSSR count). The number of hydrogen-bond donors (Lipinski definition) is 0. The average molecular weight is 386 g/mol. The van der Waals surface area contributed by atoms with Crippen molar-refractivity contribution in [2.75, 3.05) is 7.11 Å². The standard InChI is InChI=1S/C20H22N2O4S/c1-14-5-8-18(9-6-14)27(23,24)26-20-12-17(13-25-4)21-22(20)19-10-7-15(2)11-16(19)3/h5-12H,13H2,1-4H3. The van der Waals surface area contributed by atoms with E-state index in [0.717, 1.165) is 22.4 Å². The topological polar surface area (TPSA) is 70.4 Å². The van der Waals surface area contributed by atoms with Crippen molar-refractivity contribution in [3.05, 3.63) is 70.9 Å². The van der Waals surface area contributed by atoms with Crippen LogP contribution in [-0.2, 0) is 21.5 Å². The Kier molecular flexibility index (Phi) is 5.34. The van der Waals surface area contributed by atoms with Crippen LogP contribution < -0.4 is 4.18 Å². The molecule has 0 saturated carbocycles. The first-order chi connectivity index (χ1) is 12.8. The lowest BCUT2D eigenvalue weighted by molar-refractivity contribution is 0.181. The predicted octanol–water partition coefficient (Wildman–Crippen LogP) is 3.71. The molecule has 27 heavy (non-hydrogen) atoms. The molecular formula is C20H22N2O4S. The van der Waals surface area contributed by atoms with Crippen molar-refractivity contribution in [3.8, 4) is 11.6 Å². The maximum Gasteiger partial charge on any atom is 0.340 e. The van der Waals surface area contributed by atoms with E-state index in [9.17, 15) is 8.42 Å². The normalized spacial score (nSPS) is 11.6. The summed E-state index contributed by atoms with van der Waals surface area (Å²) < 4.78 is 37.5. The second kappa shape index (κ2) is 7.54. The Bertz CT molecular complexity index is 1050. The molecule has 0 fully saturated rings. The molecule has 0 aliphatic rings. The monoisotopic (exact) mass is 386 g/mol. The highest BCUT2D eigenvalue weighted by atomic mass is 32.2. The van der Waals surface area contributed by atoms with E-state index >= 15 is 0 Å². The van der Waals surface area contributed by atoms with Crippen LogP contribution in [0.4, 0.5) is 0 Å². The van der Waals surface area contributed by atoms with Gasteiger partial charge in [-0.3, -0.25) is 0 Å². The lowest BCUT2D eigenvalue weighted by Gasteiger charge is -2.12. The van der Waals surface area contributed by atoms with Crippen molar-refractivity contribution in [1.29, 1.82) is 0 Å². The molecule has 0 spiro atoms. The largest absolute Gasteiger partial charge is 0.378 e. The highest BCUT2D eigenvalue weighted by molar-refractivity contribution is 7.87. The van der Waals surface area contributed by atoms with Gasteiger partial charge in [-0.1, -0.05) is 35.4 Å². The summed E-state index contributed by atoms with van der Waals surface area (Å²) in [5.41, 5.74) is 4.36. The Morgan fingerprint density at radius 3 is 2.26 bits per heavy atom. The summed E-state index contributed by atoms with van der Waals surface area (Å²) in [4.78, 5) is 0.0924. The molecule has 0 N–H and O–H groups in total. The minimum absolute atomic E-state index is 0.0924. The molecule has 0 unspecified atom stereocenters. The van der Waals surface area contributed by atoms with Crippen LogP contribution in [0.5, 0.6) is 5.88 Å². The van der Waals surface area contributed by atoms with Gasteiger partial charge in [-0.05, 0) is 44.5 Å². The van der Waals surface area contributed by atoms with E-state index < -0.39 is 10.1 Å². The van der Waals surface area contributed by atoms with E-state index in [1.54, 1.807) is 25.3 Å². The molecule has 7 heteroatoms. The number of nitrogens with zero attached hydrogens (tertiary/aromatic N) is 2. The molecule has 142 valence electrons. The SMILES string of the molecule is COCc1cc(OS(=O)(=O)c2ccc(C)cc2)n(-c2ccc(C)cc2C)n1. The fourth-order valence-corrected chi connectivity index (χ4v) is 3.68. The summed E-state index contributed by atoms with van der Waals surface area (Å²) in [6.45, 7) is 6.08. The van der Waals surface area contributed by atoms with E-state index in [4.69, 9.17) is 8.92 Å². The summed E-state index contributed by atoms with van der Waals surface area (Å²) in [6.07, 6.45) is 0. The third-order valence-electron chi connectivity index (χ3n) is 4.10. The van der Waals surface area contributed by atoms with Crippen molar-refractivity contribution in [1.82, 2.24) is 9.78 Å². The zero-order valence-corrected chi connectivity index (χ0v) is 16.6. The summed E-state index contributed by atoms with van der Waals surface area (Å²) in [5, 5.41) is 4.45. The number of hydrogen-bond acceptors (Lipinski definition) is 5. The van der Waals surface area contributed by atoms with Crippen molar-refractivity contribution in [2.45, 2.75) is 32.3 Å². The Labute approximate surface area is 159 Å². The molecule has 1 aromatic heterocycles. The van der Waals surface area contributed by atoms with Crippen molar-refractivity contribution in [3.63, 3.8) is 0 Å². The maximum atomic E-state index is 12.7. The number of rotatable bonds is 6. The summed E-state index contributed by atoms with van der Waals surface area (Å²) in [5.74, 6) is 0.120. The minimum Gasteiger partial charge on any atom is -0.378 e. The Hall–Kier alpha value is -2.64. The number of methoxy groups -OCH3 is 1. The number of benzene rings is 2. The van der Waals surface area contributed by atoms with E-state index in [2.05, 4.69) is 5.10 Å². The lowest BCUT2D eigenvalue weighted by atomic mass is 10.1. The summed E-state index contributed by atoms with van der Waals surface area (Å²) in [6, 6.07) is 13.9. The molecular weight excluding hydrogens is 364 g/mol. The average Bonchev–Trinajstić information content (AvgIpc) is 2.97. The molecule has 0 atom stereocenters. The smallest absolute Gasteiger partial charge is 0.340 e. The Morgan fingerprint density at radius 2 is 1.63 bits per heavy atom. The van der Waals surface area contributed by atoms with Crippen LogP contribution in [-0.4, -0.2) is 25.3 Å². The van der Waals surface area contributed by atoms with Gasteiger partial charge in [0.1, 0.15) is 4.90 Å². The van der Waals surface area contributed by atoms with Gasteiger partial charge in [0, 0.05) is 13.2 Å². The van der Waals surface area contributed by atoms with Gasteiger partial charge in [-0.25, -0.2) is 0 Å². The maximum absolute atomic E-state index is 12.7. The molecule has 0 amide bonds. The first-order valence-electron chi connectivity index (χ1n) is 8.47.